The topological polar surface area (TPSA) is 93.1 Å². The molecule has 3 heterocycles. The Morgan fingerprint density at radius 2 is 2.09 bits per heavy atom. The minimum atomic E-state index is -0.449. The molecule has 0 spiro atoms. The maximum absolute atomic E-state index is 15.8. The average Bonchev–Trinajstić information content (AvgIpc) is 3.58. The van der Waals surface area contributed by atoms with E-state index in [2.05, 4.69) is 15.3 Å². The summed E-state index contributed by atoms with van der Waals surface area (Å²) in [6.45, 7) is 1.30. The van der Waals surface area contributed by atoms with Crippen molar-refractivity contribution in [1.82, 2.24) is 24.9 Å². The Kier molecular flexibility index (Phi) is 6.13. The number of carbonyl (C=O) groups excluding carboxylic acids is 2. The zero-order valence-corrected chi connectivity index (χ0v) is 19.2. The first kappa shape index (κ1) is 22.5. The number of aromatic nitrogens is 4. The molecule has 35 heavy (non-hydrogen) atoms. The average molecular weight is 474 g/mol. The van der Waals surface area contributed by atoms with Crippen LogP contribution in [0, 0.1) is 5.82 Å². The fourth-order valence-corrected chi connectivity index (χ4v) is 4.54. The Bertz CT molecular complexity index is 1420. The summed E-state index contributed by atoms with van der Waals surface area (Å²) in [6, 6.07) is 10.9. The Labute approximate surface area is 201 Å². The molecule has 178 valence electrons. The molecule has 5 rings (SSSR count). The zero-order chi connectivity index (χ0) is 24.4. The molecule has 0 saturated heterocycles. The monoisotopic (exact) mass is 473 g/mol. The van der Waals surface area contributed by atoms with Crippen LogP contribution in [-0.4, -0.2) is 57.3 Å². The number of aryl methyl sites for hydroxylation is 1. The molecule has 0 atom stereocenters. The van der Waals surface area contributed by atoms with Crippen LogP contribution >= 0.6 is 0 Å². The molecule has 9 heteroatoms. The molecule has 2 aromatic heterocycles. The van der Waals surface area contributed by atoms with Crippen LogP contribution in [0.5, 0.6) is 5.75 Å². The minimum absolute atomic E-state index is 0.0272. The second kappa shape index (κ2) is 9.54. The number of H-pyrrole nitrogens is 1. The molecule has 2 aromatic carbocycles. The van der Waals surface area contributed by atoms with Gasteiger partial charge in [0, 0.05) is 42.2 Å². The van der Waals surface area contributed by atoms with Crippen LogP contribution in [0.25, 0.3) is 27.6 Å². The Balaban J connectivity index is 1.52. The molecule has 0 aliphatic carbocycles. The molecular formula is C26H24FN5O3. The van der Waals surface area contributed by atoms with Crippen LogP contribution in [-0.2, 0) is 11.3 Å². The van der Waals surface area contributed by atoms with Gasteiger partial charge in [0.2, 0.25) is 5.91 Å². The van der Waals surface area contributed by atoms with Crippen molar-refractivity contribution in [3.8, 4) is 16.9 Å². The number of hydrogen-bond donors (Lipinski definition) is 1. The maximum atomic E-state index is 15.8. The van der Waals surface area contributed by atoms with Crippen molar-refractivity contribution in [1.29, 1.82) is 0 Å². The summed E-state index contributed by atoms with van der Waals surface area (Å²) in [5.74, 6) is 0.165. The van der Waals surface area contributed by atoms with Gasteiger partial charge in [0.1, 0.15) is 5.75 Å². The van der Waals surface area contributed by atoms with Gasteiger partial charge >= 0.3 is 0 Å². The van der Waals surface area contributed by atoms with Crippen molar-refractivity contribution in [3.63, 3.8) is 0 Å². The number of benzene rings is 2. The fourth-order valence-electron chi connectivity index (χ4n) is 4.54. The largest absolute Gasteiger partial charge is 0.496 e. The Morgan fingerprint density at radius 1 is 1.23 bits per heavy atom. The predicted octanol–water partition coefficient (Wildman–Crippen LogP) is 4.09. The van der Waals surface area contributed by atoms with Crippen LogP contribution in [0.3, 0.4) is 0 Å². The Hall–Kier alpha value is -4.27. The van der Waals surface area contributed by atoms with E-state index in [1.165, 1.54) is 0 Å². The third-order valence-electron chi connectivity index (χ3n) is 6.27. The highest BCUT2D eigenvalue weighted by atomic mass is 19.1. The maximum Gasteiger partial charge on any atom is 0.224 e. The van der Waals surface area contributed by atoms with E-state index in [0.717, 1.165) is 16.7 Å². The van der Waals surface area contributed by atoms with Crippen molar-refractivity contribution in [2.45, 2.75) is 19.4 Å². The van der Waals surface area contributed by atoms with E-state index < -0.39 is 5.82 Å². The highest BCUT2D eigenvalue weighted by molar-refractivity contribution is 6.02. The number of fused-ring (bicyclic) bond motifs is 1. The van der Waals surface area contributed by atoms with Gasteiger partial charge in [-0.25, -0.2) is 4.39 Å². The molecule has 1 aliphatic rings. The van der Waals surface area contributed by atoms with E-state index in [9.17, 15) is 9.59 Å². The summed E-state index contributed by atoms with van der Waals surface area (Å²) in [4.78, 5) is 29.0. The van der Waals surface area contributed by atoms with Crippen molar-refractivity contribution in [2.75, 3.05) is 20.2 Å². The van der Waals surface area contributed by atoms with Crippen LogP contribution in [0.1, 0.15) is 28.9 Å². The number of aldehydes is 1. The van der Waals surface area contributed by atoms with Gasteiger partial charge in [0.15, 0.2) is 12.1 Å². The van der Waals surface area contributed by atoms with E-state index in [1.54, 1.807) is 41.2 Å². The number of carbonyl (C=O) groups is 2. The number of amides is 1. The zero-order valence-electron chi connectivity index (χ0n) is 19.2. The number of nitrogens with one attached hydrogen (secondary N) is 1. The second-order valence-corrected chi connectivity index (χ2v) is 8.37. The first-order valence-corrected chi connectivity index (χ1v) is 11.3. The van der Waals surface area contributed by atoms with Crippen LogP contribution in [0.15, 0.2) is 54.9 Å². The van der Waals surface area contributed by atoms with E-state index >= 15 is 4.39 Å². The molecule has 0 radical (unpaired) electrons. The predicted molar refractivity (Wildman–Crippen MR) is 129 cm³/mol. The molecule has 0 unspecified atom stereocenters. The first-order valence-electron chi connectivity index (χ1n) is 11.3. The van der Waals surface area contributed by atoms with E-state index in [-0.39, 0.29) is 23.5 Å². The molecule has 0 fully saturated rings. The lowest BCUT2D eigenvalue weighted by atomic mass is 9.93. The minimum Gasteiger partial charge on any atom is -0.496 e. The lowest BCUT2D eigenvalue weighted by Gasteiger charge is -2.28. The quantitative estimate of drug-likeness (QED) is 0.408. The molecule has 1 aliphatic heterocycles. The number of halogens is 1. The van der Waals surface area contributed by atoms with Gasteiger partial charge in [-0.1, -0.05) is 29.5 Å². The van der Waals surface area contributed by atoms with Gasteiger partial charge in [0.05, 0.1) is 31.1 Å². The summed E-state index contributed by atoms with van der Waals surface area (Å²) in [7, 11) is 1.58. The van der Waals surface area contributed by atoms with Crippen LogP contribution in [0.2, 0.25) is 0 Å². The van der Waals surface area contributed by atoms with Gasteiger partial charge in [-0.15, -0.1) is 5.10 Å². The summed E-state index contributed by atoms with van der Waals surface area (Å²) >= 11 is 0. The molecule has 4 aromatic rings. The number of aromatic amines is 1. The SMILES string of the molecule is COc1ccccc1-c1cc(C2=CCCN(C(=O)CCn3ccnn3)C2)c(F)c2[nH]c(C=O)cc12. The van der Waals surface area contributed by atoms with Gasteiger partial charge in [0.25, 0.3) is 0 Å². The number of methoxy groups -OCH3 is 1. The smallest absolute Gasteiger partial charge is 0.224 e. The van der Waals surface area contributed by atoms with Crippen LogP contribution in [0.4, 0.5) is 4.39 Å². The van der Waals surface area contributed by atoms with Crippen molar-refractivity contribution in [3.05, 3.63) is 71.9 Å². The third kappa shape index (κ3) is 4.32. The Morgan fingerprint density at radius 3 is 2.86 bits per heavy atom. The molecule has 0 saturated carbocycles. The standard InChI is InChI=1S/C26H24FN5O3/c1-35-23-7-3-2-6-19(23)21-14-20(25(27)26-22(21)13-18(16-33)29-26)17-5-4-10-31(15-17)24(34)8-11-32-12-9-28-30-32/h2-3,5-7,9,12-14,16,29H,4,8,10-11,15H2,1H3. The molecular weight excluding hydrogens is 449 g/mol. The molecule has 0 bridgehead atoms. The number of nitrogens with zero attached hydrogens (tertiary/aromatic N) is 4. The molecule has 1 amide bonds. The fraction of sp³-hybridized carbons (Fsp3) is 0.231. The first-order chi connectivity index (χ1) is 17.1. The third-order valence-corrected chi connectivity index (χ3v) is 6.27. The number of ether oxygens (including phenoxy) is 1. The molecule has 8 nitrogen and oxygen atoms in total. The van der Waals surface area contributed by atoms with E-state index in [1.807, 2.05) is 30.3 Å². The lowest BCUT2D eigenvalue weighted by Crippen LogP contribution is -2.36. The van der Waals surface area contributed by atoms with Crippen molar-refractivity contribution < 1.29 is 18.7 Å². The van der Waals surface area contributed by atoms with E-state index in [0.29, 0.717) is 49.0 Å². The van der Waals surface area contributed by atoms with Gasteiger partial charge in [-0.2, -0.15) is 0 Å². The summed E-state index contributed by atoms with van der Waals surface area (Å²) in [5, 5.41) is 8.24. The van der Waals surface area contributed by atoms with Gasteiger partial charge < -0.3 is 14.6 Å². The number of hydrogen-bond acceptors (Lipinski definition) is 5. The summed E-state index contributed by atoms with van der Waals surface area (Å²) in [5.41, 5.74) is 3.19. The lowest BCUT2D eigenvalue weighted by molar-refractivity contribution is -0.131. The van der Waals surface area contributed by atoms with Gasteiger partial charge in [-0.3, -0.25) is 14.3 Å². The summed E-state index contributed by atoms with van der Waals surface area (Å²) < 4.78 is 23.0. The molecule has 1 N–H and O–H groups in total. The van der Waals surface area contributed by atoms with Crippen molar-refractivity contribution >= 4 is 28.7 Å². The highest BCUT2D eigenvalue weighted by Gasteiger charge is 2.24. The summed E-state index contributed by atoms with van der Waals surface area (Å²) in [6.07, 6.45) is 6.82. The normalized spacial score (nSPS) is 13.7. The van der Waals surface area contributed by atoms with Gasteiger partial charge in [-0.05, 0) is 35.8 Å². The second-order valence-electron chi connectivity index (χ2n) is 8.37. The van der Waals surface area contributed by atoms with Crippen LogP contribution < -0.4 is 4.74 Å². The van der Waals surface area contributed by atoms with E-state index in [4.69, 9.17) is 4.74 Å². The highest BCUT2D eigenvalue weighted by Crippen LogP contribution is 2.39. The number of rotatable bonds is 7. The number of para-hydroxylation sites is 1. The van der Waals surface area contributed by atoms with Crippen molar-refractivity contribution in [2.24, 2.45) is 0 Å².